The van der Waals surface area contributed by atoms with E-state index in [2.05, 4.69) is 13.8 Å². The first kappa shape index (κ1) is 14.5. The highest BCUT2D eigenvalue weighted by atomic mass is 16.1. The van der Waals surface area contributed by atoms with Crippen molar-refractivity contribution in [2.75, 3.05) is 6.54 Å². The van der Waals surface area contributed by atoms with Gasteiger partial charge in [-0.05, 0) is 62.1 Å². The van der Waals surface area contributed by atoms with Crippen LogP contribution in [0, 0.1) is 20.8 Å². The van der Waals surface area contributed by atoms with Crippen molar-refractivity contribution >= 4 is 5.78 Å². The van der Waals surface area contributed by atoms with Crippen LogP contribution in [0.15, 0.2) is 36.4 Å². The zero-order valence-corrected chi connectivity index (χ0v) is 12.4. The lowest BCUT2D eigenvalue weighted by atomic mass is 9.93. The smallest absolute Gasteiger partial charge is 0.193 e. The molecule has 0 amide bonds. The van der Waals surface area contributed by atoms with Gasteiger partial charge >= 0.3 is 0 Å². The lowest BCUT2D eigenvalue weighted by Crippen LogP contribution is -2.07. The van der Waals surface area contributed by atoms with Gasteiger partial charge in [-0.25, -0.2) is 0 Å². The summed E-state index contributed by atoms with van der Waals surface area (Å²) < 4.78 is 0. The van der Waals surface area contributed by atoms with Gasteiger partial charge in [0.1, 0.15) is 0 Å². The van der Waals surface area contributed by atoms with Gasteiger partial charge in [-0.2, -0.15) is 0 Å². The second-order valence-electron chi connectivity index (χ2n) is 5.25. The van der Waals surface area contributed by atoms with Crippen molar-refractivity contribution in [1.29, 1.82) is 0 Å². The van der Waals surface area contributed by atoms with Gasteiger partial charge in [0.15, 0.2) is 5.78 Å². The third kappa shape index (κ3) is 2.81. The summed E-state index contributed by atoms with van der Waals surface area (Å²) >= 11 is 0. The van der Waals surface area contributed by atoms with Gasteiger partial charge in [0.25, 0.3) is 0 Å². The molecule has 0 fully saturated rings. The summed E-state index contributed by atoms with van der Waals surface area (Å²) in [6.45, 7) is 6.74. The Kier molecular flexibility index (Phi) is 4.35. The normalized spacial score (nSPS) is 10.6. The van der Waals surface area contributed by atoms with Gasteiger partial charge in [0, 0.05) is 11.1 Å². The molecule has 0 aliphatic heterocycles. The third-order valence-corrected chi connectivity index (χ3v) is 3.92. The van der Waals surface area contributed by atoms with E-state index in [1.165, 1.54) is 11.1 Å². The van der Waals surface area contributed by atoms with Gasteiger partial charge in [0.2, 0.25) is 0 Å². The monoisotopic (exact) mass is 267 g/mol. The van der Waals surface area contributed by atoms with Gasteiger partial charge in [-0.15, -0.1) is 0 Å². The average molecular weight is 267 g/mol. The largest absolute Gasteiger partial charge is 0.330 e. The molecule has 0 heterocycles. The molecule has 0 bridgehead atoms. The summed E-state index contributed by atoms with van der Waals surface area (Å²) in [6, 6.07) is 11.7. The van der Waals surface area contributed by atoms with Crippen molar-refractivity contribution in [2.45, 2.75) is 27.2 Å². The molecule has 0 aliphatic carbocycles. The summed E-state index contributed by atoms with van der Waals surface area (Å²) in [6.07, 6.45) is 0.799. The predicted octanol–water partition coefficient (Wildman–Crippen LogP) is 3.34. The first-order chi connectivity index (χ1) is 9.54. The maximum Gasteiger partial charge on any atom is 0.193 e. The van der Waals surface area contributed by atoms with Crippen molar-refractivity contribution in [2.24, 2.45) is 5.73 Å². The fourth-order valence-electron chi connectivity index (χ4n) is 2.39. The van der Waals surface area contributed by atoms with Crippen LogP contribution in [0.4, 0.5) is 0 Å². The number of carbonyl (C=O) groups is 1. The molecule has 2 aromatic rings. The minimum absolute atomic E-state index is 0.0875. The van der Waals surface area contributed by atoms with E-state index in [-0.39, 0.29) is 5.78 Å². The van der Waals surface area contributed by atoms with E-state index in [0.717, 1.165) is 28.7 Å². The van der Waals surface area contributed by atoms with E-state index < -0.39 is 0 Å². The highest BCUT2D eigenvalue weighted by Gasteiger charge is 2.14. The van der Waals surface area contributed by atoms with Crippen molar-refractivity contribution < 1.29 is 4.79 Å². The summed E-state index contributed by atoms with van der Waals surface area (Å²) in [4.78, 5) is 12.7. The number of benzene rings is 2. The Balaban J connectivity index is 2.41. The summed E-state index contributed by atoms with van der Waals surface area (Å²) in [7, 11) is 0. The first-order valence-electron chi connectivity index (χ1n) is 6.95. The molecule has 20 heavy (non-hydrogen) atoms. The van der Waals surface area contributed by atoms with Crippen molar-refractivity contribution in [3.63, 3.8) is 0 Å². The van der Waals surface area contributed by atoms with Crippen LogP contribution in [-0.2, 0) is 6.42 Å². The summed E-state index contributed by atoms with van der Waals surface area (Å²) in [5.41, 5.74) is 11.7. The lowest BCUT2D eigenvalue weighted by molar-refractivity contribution is 0.103. The zero-order valence-electron chi connectivity index (χ0n) is 12.4. The van der Waals surface area contributed by atoms with E-state index in [1.807, 2.05) is 43.3 Å². The fraction of sp³-hybridized carbons (Fsp3) is 0.278. The number of aryl methyl sites for hydroxylation is 1. The Morgan fingerprint density at radius 2 is 1.80 bits per heavy atom. The number of nitrogens with two attached hydrogens (primary N) is 1. The van der Waals surface area contributed by atoms with E-state index in [0.29, 0.717) is 6.54 Å². The molecule has 0 unspecified atom stereocenters. The van der Waals surface area contributed by atoms with Gasteiger partial charge in [0.05, 0.1) is 0 Å². The quantitative estimate of drug-likeness (QED) is 0.863. The van der Waals surface area contributed by atoms with E-state index in [4.69, 9.17) is 5.73 Å². The molecule has 2 N–H and O–H groups in total. The SMILES string of the molecule is Cc1ccc(C(=O)c2cccc(CCN)c2)c(C)c1C. The average Bonchev–Trinajstić information content (AvgIpc) is 2.45. The van der Waals surface area contributed by atoms with Crippen LogP contribution in [0.3, 0.4) is 0 Å². The molecule has 2 rings (SSSR count). The topological polar surface area (TPSA) is 43.1 Å². The van der Waals surface area contributed by atoms with Crippen molar-refractivity contribution in [1.82, 2.24) is 0 Å². The molecule has 0 saturated carbocycles. The maximum absolute atomic E-state index is 12.7. The zero-order chi connectivity index (χ0) is 14.7. The molecule has 0 aliphatic rings. The number of hydrogen-bond donors (Lipinski definition) is 1. The molecule has 2 nitrogen and oxygen atoms in total. The maximum atomic E-state index is 12.7. The molecule has 104 valence electrons. The van der Waals surface area contributed by atoms with E-state index >= 15 is 0 Å². The molecule has 0 spiro atoms. The van der Waals surface area contributed by atoms with Gasteiger partial charge in [-0.1, -0.05) is 30.3 Å². The number of hydrogen-bond acceptors (Lipinski definition) is 2. The number of carbonyl (C=O) groups excluding carboxylic acids is 1. The fourth-order valence-corrected chi connectivity index (χ4v) is 2.39. The first-order valence-corrected chi connectivity index (χ1v) is 6.95. The third-order valence-electron chi connectivity index (χ3n) is 3.92. The highest BCUT2D eigenvalue weighted by Crippen LogP contribution is 2.20. The van der Waals surface area contributed by atoms with Crippen LogP contribution in [0.1, 0.15) is 38.2 Å². The second-order valence-corrected chi connectivity index (χ2v) is 5.25. The van der Waals surface area contributed by atoms with Crippen LogP contribution >= 0.6 is 0 Å². The molecule has 0 aromatic heterocycles. The highest BCUT2D eigenvalue weighted by molar-refractivity contribution is 6.10. The lowest BCUT2D eigenvalue weighted by Gasteiger charge is -2.11. The number of ketones is 1. The summed E-state index contributed by atoms with van der Waals surface area (Å²) in [5, 5.41) is 0. The summed E-state index contributed by atoms with van der Waals surface area (Å²) in [5.74, 6) is 0.0875. The Bertz CT molecular complexity index is 644. The van der Waals surface area contributed by atoms with Crippen molar-refractivity contribution in [3.8, 4) is 0 Å². The van der Waals surface area contributed by atoms with E-state index in [9.17, 15) is 4.79 Å². The Morgan fingerprint density at radius 3 is 2.50 bits per heavy atom. The molecule has 2 aromatic carbocycles. The molecule has 2 heteroatoms. The predicted molar refractivity (Wildman–Crippen MR) is 83.3 cm³/mol. The second kappa shape index (κ2) is 6.02. The van der Waals surface area contributed by atoms with Crippen LogP contribution in [-0.4, -0.2) is 12.3 Å². The van der Waals surface area contributed by atoms with Crippen LogP contribution in [0.5, 0.6) is 0 Å². The minimum atomic E-state index is 0.0875. The molecule has 0 atom stereocenters. The Hall–Kier alpha value is -1.93. The Labute approximate surface area is 120 Å². The molecular weight excluding hydrogens is 246 g/mol. The van der Waals surface area contributed by atoms with Gasteiger partial charge < -0.3 is 5.73 Å². The van der Waals surface area contributed by atoms with Crippen LogP contribution < -0.4 is 5.73 Å². The van der Waals surface area contributed by atoms with Crippen LogP contribution in [0.25, 0.3) is 0 Å². The molecule has 0 radical (unpaired) electrons. The standard InChI is InChI=1S/C18H21NO/c1-12-7-8-17(14(3)13(12)2)18(20)16-6-4-5-15(11-16)9-10-19/h4-8,11H,9-10,19H2,1-3H3. The van der Waals surface area contributed by atoms with E-state index in [1.54, 1.807) is 0 Å². The molecule has 0 saturated heterocycles. The molecular formula is C18H21NO. The number of rotatable bonds is 4. The van der Waals surface area contributed by atoms with Crippen LogP contribution in [0.2, 0.25) is 0 Å². The minimum Gasteiger partial charge on any atom is -0.330 e. The Morgan fingerprint density at radius 1 is 1.05 bits per heavy atom. The van der Waals surface area contributed by atoms with Gasteiger partial charge in [-0.3, -0.25) is 4.79 Å². The van der Waals surface area contributed by atoms with Crippen molar-refractivity contribution in [3.05, 3.63) is 69.8 Å².